The summed E-state index contributed by atoms with van der Waals surface area (Å²) < 4.78 is 4.77. The number of halogens is 1. The fourth-order valence-corrected chi connectivity index (χ4v) is 2.95. The Morgan fingerprint density at radius 1 is 1.14 bits per heavy atom. The van der Waals surface area contributed by atoms with Crippen molar-refractivity contribution in [3.63, 3.8) is 0 Å². The number of carbonyl (C=O) groups excluding carboxylic acids is 1. The van der Waals surface area contributed by atoms with Gasteiger partial charge < -0.3 is 15.0 Å². The highest BCUT2D eigenvalue weighted by molar-refractivity contribution is 6.33. The molecule has 0 saturated heterocycles. The second-order valence-corrected chi connectivity index (χ2v) is 6.49. The summed E-state index contributed by atoms with van der Waals surface area (Å²) in [6.07, 6.45) is 0. The zero-order chi connectivity index (χ0) is 20.1. The van der Waals surface area contributed by atoms with Gasteiger partial charge in [0.2, 0.25) is 5.95 Å². The lowest BCUT2D eigenvalue weighted by molar-refractivity contribution is 0.0601. The first-order valence-corrected chi connectivity index (χ1v) is 9.22. The first-order valence-electron chi connectivity index (χ1n) is 8.85. The number of carbonyl (C=O) groups is 1. The number of methoxy groups -OCH3 is 1. The predicted octanol–water partition coefficient (Wildman–Crippen LogP) is 5.13. The van der Waals surface area contributed by atoms with E-state index in [0.717, 1.165) is 11.4 Å². The molecule has 3 rings (SSSR count). The number of benzene rings is 2. The summed E-state index contributed by atoms with van der Waals surface area (Å²) in [5.74, 6) is 0.734. The van der Waals surface area contributed by atoms with Crippen LogP contribution in [0.3, 0.4) is 0 Å². The molecule has 1 heterocycles. The predicted molar refractivity (Wildman–Crippen MR) is 112 cm³/mol. The number of nitrogens with one attached hydrogen (secondary N) is 1. The average Bonchev–Trinajstić information content (AvgIpc) is 2.70. The molecular weight excluding hydrogens is 376 g/mol. The van der Waals surface area contributed by atoms with Gasteiger partial charge in [-0.1, -0.05) is 29.8 Å². The lowest BCUT2D eigenvalue weighted by Crippen LogP contribution is -2.19. The third kappa shape index (κ3) is 4.40. The molecule has 3 aromatic rings. The van der Waals surface area contributed by atoms with Crippen LogP contribution in [0.5, 0.6) is 0 Å². The van der Waals surface area contributed by atoms with E-state index in [0.29, 0.717) is 34.6 Å². The molecule has 0 atom stereocenters. The maximum Gasteiger partial charge on any atom is 0.337 e. The number of aryl methyl sites for hydroxylation is 1. The minimum Gasteiger partial charge on any atom is -0.465 e. The van der Waals surface area contributed by atoms with Crippen molar-refractivity contribution in [3.8, 4) is 0 Å². The molecule has 0 aliphatic carbocycles. The van der Waals surface area contributed by atoms with Crippen LogP contribution in [-0.4, -0.2) is 29.6 Å². The minimum absolute atomic E-state index is 0.403. The van der Waals surface area contributed by atoms with Crippen molar-refractivity contribution in [2.24, 2.45) is 0 Å². The highest BCUT2D eigenvalue weighted by Gasteiger charge is 2.14. The normalized spacial score (nSPS) is 10.4. The van der Waals surface area contributed by atoms with Crippen LogP contribution in [-0.2, 0) is 4.74 Å². The number of aromatic nitrogens is 2. The zero-order valence-electron chi connectivity index (χ0n) is 15.9. The molecular formula is C21H21ClN4O2. The van der Waals surface area contributed by atoms with E-state index in [1.807, 2.05) is 55.1 Å². The molecule has 0 unspecified atom stereocenters. The Kier molecular flexibility index (Phi) is 6.11. The fourth-order valence-electron chi connectivity index (χ4n) is 2.79. The molecule has 144 valence electrons. The Morgan fingerprint density at radius 3 is 2.57 bits per heavy atom. The lowest BCUT2D eigenvalue weighted by atomic mass is 10.2. The molecule has 7 heteroatoms. The van der Waals surface area contributed by atoms with Crippen LogP contribution in [0, 0.1) is 6.92 Å². The molecule has 2 aromatic carbocycles. The Hall–Kier alpha value is -3.12. The summed E-state index contributed by atoms with van der Waals surface area (Å²) in [4.78, 5) is 23.0. The average molecular weight is 397 g/mol. The van der Waals surface area contributed by atoms with E-state index in [-0.39, 0.29) is 0 Å². The molecule has 0 fully saturated rings. The number of hydrogen-bond donors (Lipinski definition) is 1. The highest BCUT2D eigenvalue weighted by Crippen LogP contribution is 2.28. The minimum atomic E-state index is -0.430. The van der Waals surface area contributed by atoms with Gasteiger partial charge in [0, 0.05) is 24.0 Å². The Balaban J connectivity index is 1.95. The van der Waals surface area contributed by atoms with Crippen molar-refractivity contribution in [3.05, 3.63) is 70.9 Å². The van der Waals surface area contributed by atoms with Crippen molar-refractivity contribution in [2.45, 2.75) is 13.8 Å². The van der Waals surface area contributed by atoms with Gasteiger partial charge in [-0.2, -0.15) is 4.98 Å². The van der Waals surface area contributed by atoms with E-state index >= 15 is 0 Å². The SMILES string of the molecule is CCN(c1ccccc1)c1nc(C)cc(Nc2cc(C(=O)OC)ccc2Cl)n1. The van der Waals surface area contributed by atoms with E-state index < -0.39 is 5.97 Å². The van der Waals surface area contributed by atoms with Gasteiger partial charge in [0.25, 0.3) is 0 Å². The van der Waals surface area contributed by atoms with Crippen LogP contribution < -0.4 is 10.2 Å². The van der Waals surface area contributed by atoms with Crippen LogP contribution in [0.2, 0.25) is 5.02 Å². The third-order valence-electron chi connectivity index (χ3n) is 4.12. The fraction of sp³-hybridized carbons (Fsp3) is 0.190. The second-order valence-electron chi connectivity index (χ2n) is 6.09. The first-order chi connectivity index (χ1) is 13.5. The highest BCUT2D eigenvalue weighted by atomic mass is 35.5. The van der Waals surface area contributed by atoms with Gasteiger partial charge in [0.1, 0.15) is 5.82 Å². The van der Waals surface area contributed by atoms with E-state index in [1.54, 1.807) is 18.2 Å². The van der Waals surface area contributed by atoms with Crippen LogP contribution >= 0.6 is 11.6 Å². The Bertz CT molecular complexity index is 979. The summed E-state index contributed by atoms with van der Waals surface area (Å²) in [5, 5.41) is 3.66. The van der Waals surface area contributed by atoms with Gasteiger partial charge >= 0.3 is 5.97 Å². The van der Waals surface area contributed by atoms with E-state index in [2.05, 4.69) is 15.3 Å². The van der Waals surface area contributed by atoms with Crippen molar-refractivity contribution < 1.29 is 9.53 Å². The van der Waals surface area contributed by atoms with Gasteiger partial charge in [-0.15, -0.1) is 0 Å². The second kappa shape index (κ2) is 8.71. The number of anilines is 4. The summed E-state index contributed by atoms with van der Waals surface area (Å²) in [5.41, 5.74) is 2.78. The maximum absolute atomic E-state index is 11.8. The van der Waals surface area contributed by atoms with Gasteiger partial charge in [0.15, 0.2) is 0 Å². The number of rotatable bonds is 6. The number of esters is 1. The van der Waals surface area contributed by atoms with Gasteiger partial charge in [-0.25, -0.2) is 9.78 Å². The largest absolute Gasteiger partial charge is 0.465 e. The van der Waals surface area contributed by atoms with E-state index in [9.17, 15) is 4.79 Å². The molecule has 1 N–H and O–H groups in total. The van der Waals surface area contributed by atoms with Gasteiger partial charge in [-0.3, -0.25) is 0 Å². The maximum atomic E-state index is 11.8. The first kappa shape index (κ1) is 19.6. The molecule has 0 spiro atoms. The molecule has 0 amide bonds. The molecule has 6 nitrogen and oxygen atoms in total. The standard InChI is InChI=1S/C21H21ClN4O2/c1-4-26(16-8-6-5-7-9-16)21-23-14(2)12-19(25-21)24-18-13-15(20(27)28-3)10-11-17(18)22/h5-13H,4H2,1-3H3,(H,23,24,25). The van der Waals surface area contributed by atoms with Crippen molar-refractivity contribution in [1.29, 1.82) is 0 Å². The number of para-hydroxylation sites is 1. The lowest BCUT2D eigenvalue weighted by Gasteiger charge is -2.22. The smallest absolute Gasteiger partial charge is 0.337 e. The molecule has 0 saturated carbocycles. The van der Waals surface area contributed by atoms with E-state index in [4.69, 9.17) is 16.3 Å². The topological polar surface area (TPSA) is 67.4 Å². The Labute approximate surface area is 169 Å². The summed E-state index contributed by atoms with van der Waals surface area (Å²) in [7, 11) is 1.34. The van der Waals surface area contributed by atoms with Crippen LogP contribution in [0.15, 0.2) is 54.6 Å². The van der Waals surface area contributed by atoms with Crippen LogP contribution in [0.1, 0.15) is 23.0 Å². The molecule has 0 aliphatic heterocycles. The summed E-state index contributed by atoms with van der Waals surface area (Å²) >= 11 is 6.29. The van der Waals surface area contributed by atoms with Gasteiger partial charge in [0.05, 0.1) is 23.4 Å². The van der Waals surface area contributed by atoms with Crippen molar-refractivity contribution in [1.82, 2.24) is 9.97 Å². The molecule has 28 heavy (non-hydrogen) atoms. The molecule has 0 bridgehead atoms. The van der Waals surface area contributed by atoms with Crippen LogP contribution in [0.25, 0.3) is 0 Å². The van der Waals surface area contributed by atoms with Gasteiger partial charge in [-0.05, 0) is 44.2 Å². The molecule has 0 aliphatic rings. The molecule has 0 radical (unpaired) electrons. The van der Waals surface area contributed by atoms with Crippen molar-refractivity contribution >= 4 is 40.7 Å². The van der Waals surface area contributed by atoms with Crippen LogP contribution in [0.4, 0.5) is 23.1 Å². The van der Waals surface area contributed by atoms with Crippen molar-refractivity contribution in [2.75, 3.05) is 23.9 Å². The third-order valence-corrected chi connectivity index (χ3v) is 4.45. The quantitative estimate of drug-likeness (QED) is 0.583. The molecule has 1 aromatic heterocycles. The summed E-state index contributed by atoms with van der Waals surface area (Å²) in [6, 6.07) is 16.7. The van der Waals surface area contributed by atoms with E-state index in [1.165, 1.54) is 7.11 Å². The number of ether oxygens (including phenoxy) is 1. The number of nitrogens with zero attached hydrogens (tertiary/aromatic N) is 3. The monoisotopic (exact) mass is 396 g/mol. The number of hydrogen-bond acceptors (Lipinski definition) is 6. The zero-order valence-corrected chi connectivity index (χ0v) is 16.7. The summed E-state index contributed by atoms with van der Waals surface area (Å²) in [6.45, 7) is 4.66. The Morgan fingerprint density at radius 2 is 1.89 bits per heavy atom.